The molecule has 21 heavy (non-hydrogen) atoms. The highest BCUT2D eigenvalue weighted by molar-refractivity contribution is 5.48. The average Bonchev–Trinajstić information content (AvgIpc) is 2.52. The van der Waals surface area contributed by atoms with Gasteiger partial charge in [0, 0.05) is 18.7 Å². The summed E-state index contributed by atoms with van der Waals surface area (Å²) in [6, 6.07) is 5.46. The summed E-state index contributed by atoms with van der Waals surface area (Å²) in [5, 5.41) is 14.4. The first-order valence-corrected chi connectivity index (χ1v) is 7.33. The molecule has 0 aromatic heterocycles. The molecule has 1 heterocycles. The van der Waals surface area contributed by atoms with E-state index >= 15 is 0 Å². The lowest BCUT2D eigenvalue weighted by Crippen LogP contribution is -2.34. The normalized spacial score (nSPS) is 18.4. The van der Waals surface area contributed by atoms with Gasteiger partial charge in [0.2, 0.25) is 0 Å². The van der Waals surface area contributed by atoms with Crippen LogP contribution >= 0.6 is 0 Å². The van der Waals surface area contributed by atoms with Crippen molar-refractivity contribution in [1.29, 1.82) is 0 Å². The lowest BCUT2D eigenvalue weighted by molar-refractivity contribution is -0.385. The molecule has 0 radical (unpaired) electrons. The van der Waals surface area contributed by atoms with Crippen LogP contribution in [0.5, 0.6) is 5.75 Å². The topological polar surface area (TPSA) is 73.6 Å². The van der Waals surface area contributed by atoms with Crippen molar-refractivity contribution in [2.75, 3.05) is 20.3 Å². The van der Waals surface area contributed by atoms with E-state index in [2.05, 4.69) is 5.32 Å². The van der Waals surface area contributed by atoms with Crippen molar-refractivity contribution < 1.29 is 14.4 Å². The predicted molar refractivity (Wildman–Crippen MR) is 79.6 cm³/mol. The van der Waals surface area contributed by atoms with Gasteiger partial charge in [0.25, 0.3) is 0 Å². The maximum absolute atomic E-state index is 10.9. The van der Waals surface area contributed by atoms with Gasteiger partial charge >= 0.3 is 5.69 Å². The molecule has 0 saturated carbocycles. The Morgan fingerprint density at radius 1 is 1.43 bits per heavy atom. The second-order valence-corrected chi connectivity index (χ2v) is 5.25. The lowest BCUT2D eigenvalue weighted by atomic mass is 10.0. The smallest absolute Gasteiger partial charge is 0.311 e. The molecule has 1 aromatic carbocycles. The average molecular weight is 294 g/mol. The number of nitro benzene ring substituents is 1. The summed E-state index contributed by atoms with van der Waals surface area (Å²) in [6.45, 7) is 2.14. The van der Waals surface area contributed by atoms with Crippen LogP contribution in [0.25, 0.3) is 0 Å². The van der Waals surface area contributed by atoms with Crippen LogP contribution in [-0.4, -0.2) is 31.2 Å². The molecule has 6 nitrogen and oxygen atoms in total. The summed E-state index contributed by atoms with van der Waals surface area (Å²) in [5.41, 5.74) is 0.770. The summed E-state index contributed by atoms with van der Waals surface area (Å²) in [6.07, 6.45) is 4.73. The number of rotatable bonds is 7. The van der Waals surface area contributed by atoms with Gasteiger partial charge in [-0.1, -0.05) is 12.5 Å². The number of benzene rings is 1. The highest BCUT2D eigenvalue weighted by Crippen LogP contribution is 2.27. The van der Waals surface area contributed by atoms with Gasteiger partial charge in [-0.05, 0) is 37.4 Å². The quantitative estimate of drug-likeness (QED) is 0.475. The fourth-order valence-electron chi connectivity index (χ4n) is 2.55. The fraction of sp³-hybridized carbons (Fsp3) is 0.600. The van der Waals surface area contributed by atoms with Gasteiger partial charge in [-0.3, -0.25) is 10.1 Å². The number of methoxy groups -OCH3 is 1. The Bertz CT molecular complexity index is 473. The number of hydrogen-bond donors (Lipinski definition) is 1. The van der Waals surface area contributed by atoms with E-state index in [-0.39, 0.29) is 11.4 Å². The summed E-state index contributed by atoms with van der Waals surface area (Å²) in [5.74, 6) is 0.273. The van der Waals surface area contributed by atoms with E-state index in [9.17, 15) is 10.1 Å². The van der Waals surface area contributed by atoms with Crippen LogP contribution in [0.15, 0.2) is 18.2 Å². The highest BCUT2D eigenvalue weighted by atomic mass is 16.6. The third kappa shape index (κ3) is 4.68. The van der Waals surface area contributed by atoms with Crippen molar-refractivity contribution in [3.05, 3.63) is 33.9 Å². The van der Waals surface area contributed by atoms with Gasteiger partial charge in [-0.25, -0.2) is 0 Å². The van der Waals surface area contributed by atoms with Gasteiger partial charge in [0.05, 0.1) is 18.6 Å². The lowest BCUT2D eigenvalue weighted by Gasteiger charge is -2.23. The third-order valence-corrected chi connectivity index (χ3v) is 3.73. The molecule has 1 N–H and O–H groups in total. The molecular formula is C15H22N2O4. The second-order valence-electron chi connectivity index (χ2n) is 5.25. The fourth-order valence-corrected chi connectivity index (χ4v) is 2.55. The van der Waals surface area contributed by atoms with Crippen molar-refractivity contribution in [1.82, 2.24) is 5.32 Å². The molecule has 0 bridgehead atoms. The Labute approximate surface area is 124 Å². The molecule has 0 amide bonds. The molecule has 116 valence electrons. The summed E-state index contributed by atoms with van der Waals surface area (Å²) < 4.78 is 10.6. The van der Waals surface area contributed by atoms with Crippen LogP contribution in [0.2, 0.25) is 0 Å². The summed E-state index contributed by atoms with van der Waals surface area (Å²) >= 11 is 0. The number of hydrogen-bond acceptors (Lipinski definition) is 5. The molecule has 1 aromatic rings. The molecule has 2 rings (SSSR count). The third-order valence-electron chi connectivity index (χ3n) is 3.73. The maximum Gasteiger partial charge on any atom is 0.311 e. The van der Waals surface area contributed by atoms with Crippen molar-refractivity contribution in [2.45, 2.75) is 38.3 Å². The standard InChI is InChI=1S/C15H22N2O4/c1-20-15-6-5-12(10-14(15)17(18)19)11-21-9-7-13-4-2-3-8-16-13/h5-6,10,13,16H,2-4,7-9,11H2,1H3. The monoisotopic (exact) mass is 294 g/mol. The Kier molecular flexibility index (Phi) is 5.95. The van der Waals surface area contributed by atoms with E-state index in [1.54, 1.807) is 12.1 Å². The van der Waals surface area contributed by atoms with Crippen molar-refractivity contribution >= 4 is 5.69 Å². The number of nitrogens with one attached hydrogen (secondary N) is 1. The molecule has 1 unspecified atom stereocenters. The predicted octanol–water partition coefficient (Wildman–Crippen LogP) is 2.65. The van der Waals surface area contributed by atoms with E-state index in [1.807, 2.05) is 0 Å². The first kappa shape index (κ1) is 15.7. The van der Waals surface area contributed by atoms with Crippen LogP contribution in [0, 0.1) is 10.1 Å². The SMILES string of the molecule is COc1ccc(COCCC2CCCCN2)cc1[N+](=O)[O-]. The molecule has 1 aliphatic rings. The van der Waals surface area contributed by atoms with Gasteiger partial charge < -0.3 is 14.8 Å². The minimum absolute atomic E-state index is 0.0208. The molecule has 1 aliphatic heterocycles. The van der Waals surface area contributed by atoms with Crippen LogP contribution in [0.4, 0.5) is 5.69 Å². The zero-order valence-electron chi connectivity index (χ0n) is 12.3. The highest BCUT2D eigenvalue weighted by Gasteiger charge is 2.15. The molecule has 1 atom stereocenters. The number of piperidine rings is 1. The first-order valence-electron chi connectivity index (χ1n) is 7.33. The molecule has 0 spiro atoms. The van der Waals surface area contributed by atoms with Gasteiger partial charge in [-0.15, -0.1) is 0 Å². The van der Waals surface area contributed by atoms with E-state index in [4.69, 9.17) is 9.47 Å². The second kappa shape index (κ2) is 7.95. The Morgan fingerprint density at radius 2 is 2.29 bits per heavy atom. The first-order chi connectivity index (χ1) is 10.2. The minimum Gasteiger partial charge on any atom is -0.490 e. The summed E-state index contributed by atoms with van der Waals surface area (Å²) in [4.78, 5) is 10.5. The van der Waals surface area contributed by atoms with Gasteiger partial charge in [0.1, 0.15) is 0 Å². The van der Waals surface area contributed by atoms with E-state index in [0.717, 1.165) is 18.5 Å². The number of nitrogens with zero attached hydrogens (tertiary/aromatic N) is 1. The Morgan fingerprint density at radius 3 is 2.95 bits per heavy atom. The van der Waals surface area contributed by atoms with Crippen LogP contribution in [0.1, 0.15) is 31.2 Å². The van der Waals surface area contributed by atoms with Crippen LogP contribution in [0.3, 0.4) is 0 Å². The van der Waals surface area contributed by atoms with E-state index < -0.39 is 4.92 Å². The van der Waals surface area contributed by atoms with Gasteiger partial charge in [0.15, 0.2) is 5.75 Å². The minimum atomic E-state index is -0.436. The van der Waals surface area contributed by atoms with Crippen molar-refractivity contribution in [3.63, 3.8) is 0 Å². The zero-order chi connectivity index (χ0) is 15.1. The van der Waals surface area contributed by atoms with E-state index in [0.29, 0.717) is 19.3 Å². The zero-order valence-corrected chi connectivity index (χ0v) is 12.3. The molecular weight excluding hydrogens is 272 g/mol. The number of ether oxygens (including phenoxy) is 2. The van der Waals surface area contributed by atoms with E-state index in [1.165, 1.54) is 32.4 Å². The molecule has 6 heteroatoms. The Hall–Kier alpha value is -1.66. The van der Waals surface area contributed by atoms with Crippen LogP contribution in [-0.2, 0) is 11.3 Å². The molecule has 1 fully saturated rings. The summed E-state index contributed by atoms with van der Waals surface area (Å²) in [7, 11) is 1.43. The van der Waals surface area contributed by atoms with Crippen LogP contribution < -0.4 is 10.1 Å². The largest absolute Gasteiger partial charge is 0.490 e. The van der Waals surface area contributed by atoms with Crippen molar-refractivity contribution in [2.24, 2.45) is 0 Å². The molecule has 1 saturated heterocycles. The maximum atomic E-state index is 10.9. The van der Waals surface area contributed by atoms with Crippen molar-refractivity contribution in [3.8, 4) is 5.75 Å². The Balaban J connectivity index is 1.80. The number of nitro groups is 1. The van der Waals surface area contributed by atoms with Gasteiger partial charge in [-0.2, -0.15) is 0 Å². The molecule has 0 aliphatic carbocycles.